The number of likely N-dealkylation sites (N-methyl/N-ethyl adjacent to an activating group) is 1. The summed E-state index contributed by atoms with van der Waals surface area (Å²) in [5, 5.41) is 4.34. The number of anilines is 1. The molecule has 0 radical (unpaired) electrons. The van der Waals surface area contributed by atoms with Crippen molar-refractivity contribution in [2.75, 3.05) is 26.0 Å². The lowest BCUT2D eigenvalue weighted by Gasteiger charge is -2.17. The SMILES string of the molecule is CN(Cc1ccc(N(C)C)cc1)C(=O)/C=C/c1cnn(-c2ccccc2)c1. The van der Waals surface area contributed by atoms with Crippen LogP contribution in [-0.4, -0.2) is 41.7 Å². The molecular weight excluding hydrogens is 336 g/mol. The maximum Gasteiger partial charge on any atom is 0.246 e. The lowest BCUT2D eigenvalue weighted by molar-refractivity contribution is -0.125. The van der Waals surface area contributed by atoms with Gasteiger partial charge in [-0.1, -0.05) is 30.3 Å². The van der Waals surface area contributed by atoms with Crippen LogP contribution >= 0.6 is 0 Å². The van der Waals surface area contributed by atoms with E-state index < -0.39 is 0 Å². The molecule has 0 unspecified atom stereocenters. The Balaban J connectivity index is 1.60. The number of aromatic nitrogens is 2. The third-order valence-electron chi connectivity index (χ3n) is 4.29. The highest BCUT2D eigenvalue weighted by molar-refractivity contribution is 5.91. The fourth-order valence-electron chi connectivity index (χ4n) is 2.69. The Bertz CT molecular complexity index is 911. The summed E-state index contributed by atoms with van der Waals surface area (Å²) in [6.07, 6.45) is 7.02. The van der Waals surface area contributed by atoms with E-state index in [0.717, 1.165) is 22.5 Å². The fraction of sp³-hybridized carbons (Fsp3) is 0.182. The Morgan fingerprint density at radius 1 is 1.04 bits per heavy atom. The first kappa shape index (κ1) is 18.5. The highest BCUT2D eigenvalue weighted by Gasteiger charge is 2.07. The highest BCUT2D eigenvalue weighted by atomic mass is 16.2. The molecule has 3 aromatic rings. The summed E-state index contributed by atoms with van der Waals surface area (Å²) in [5.41, 5.74) is 4.11. The minimum atomic E-state index is -0.0425. The maximum atomic E-state index is 12.4. The van der Waals surface area contributed by atoms with Gasteiger partial charge in [0.25, 0.3) is 0 Å². The van der Waals surface area contributed by atoms with E-state index >= 15 is 0 Å². The molecule has 1 aromatic heterocycles. The number of nitrogens with zero attached hydrogens (tertiary/aromatic N) is 4. The molecule has 1 amide bonds. The number of carbonyl (C=O) groups excluding carboxylic acids is 1. The van der Waals surface area contributed by atoms with Gasteiger partial charge in [-0.2, -0.15) is 5.10 Å². The second kappa shape index (κ2) is 8.36. The van der Waals surface area contributed by atoms with E-state index in [0.29, 0.717) is 6.54 Å². The Kier molecular flexibility index (Phi) is 5.71. The molecule has 1 heterocycles. The number of rotatable bonds is 6. The lowest BCUT2D eigenvalue weighted by Crippen LogP contribution is -2.24. The summed E-state index contributed by atoms with van der Waals surface area (Å²) < 4.78 is 1.79. The van der Waals surface area contributed by atoms with E-state index in [2.05, 4.69) is 22.1 Å². The van der Waals surface area contributed by atoms with Gasteiger partial charge in [0, 0.05) is 51.2 Å². The van der Waals surface area contributed by atoms with E-state index in [9.17, 15) is 4.79 Å². The topological polar surface area (TPSA) is 41.4 Å². The smallest absolute Gasteiger partial charge is 0.246 e. The summed E-state index contributed by atoms with van der Waals surface area (Å²) in [4.78, 5) is 16.1. The van der Waals surface area contributed by atoms with E-state index in [1.165, 1.54) is 0 Å². The molecule has 0 aliphatic carbocycles. The molecule has 0 spiro atoms. The fourth-order valence-corrected chi connectivity index (χ4v) is 2.69. The molecule has 0 saturated heterocycles. The van der Waals surface area contributed by atoms with Crippen LogP contribution in [0.5, 0.6) is 0 Å². The first-order valence-electron chi connectivity index (χ1n) is 8.82. The summed E-state index contributed by atoms with van der Waals surface area (Å²) in [6.45, 7) is 0.570. The van der Waals surface area contributed by atoms with Gasteiger partial charge in [-0.05, 0) is 35.9 Å². The normalized spacial score (nSPS) is 10.9. The van der Waals surface area contributed by atoms with E-state index in [1.807, 2.05) is 62.8 Å². The van der Waals surface area contributed by atoms with E-state index in [4.69, 9.17) is 0 Å². The van der Waals surface area contributed by atoms with Crippen LogP contribution in [0.2, 0.25) is 0 Å². The second-order valence-corrected chi connectivity index (χ2v) is 6.64. The number of carbonyl (C=O) groups is 1. The van der Waals surface area contributed by atoms with Gasteiger partial charge < -0.3 is 9.80 Å². The van der Waals surface area contributed by atoms with Crippen LogP contribution < -0.4 is 4.90 Å². The van der Waals surface area contributed by atoms with E-state index in [1.54, 1.807) is 35.0 Å². The molecule has 138 valence electrons. The van der Waals surface area contributed by atoms with Crippen LogP contribution in [0.4, 0.5) is 5.69 Å². The maximum absolute atomic E-state index is 12.4. The molecule has 0 aliphatic rings. The molecular formula is C22H24N4O. The molecule has 0 N–H and O–H groups in total. The predicted molar refractivity (Wildman–Crippen MR) is 110 cm³/mol. The molecule has 5 heteroatoms. The van der Waals surface area contributed by atoms with Crippen molar-refractivity contribution in [1.82, 2.24) is 14.7 Å². The number of benzene rings is 2. The van der Waals surface area contributed by atoms with Crippen molar-refractivity contribution >= 4 is 17.7 Å². The van der Waals surface area contributed by atoms with Gasteiger partial charge in [0.05, 0.1) is 11.9 Å². The zero-order chi connectivity index (χ0) is 19.2. The monoisotopic (exact) mass is 360 g/mol. The number of hydrogen-bond acceptors (Lipinski definition) is 3. The Hall–Kier alpha value is -3.34. The van der Waals surface area contributed by atoms with Crippen molar-refractivity contribution in [2.45, 2.75) is 6.54 Å². The molecule has 27 heavy (non-hydrogen) atoms. The molecule has 0 aliphatic heterocycles. The Morgan fingerprint density at radius 2 is 1.74 bits per heavy atom. The third kappa shape index (κ3) is 4.85. The molecule has 0 bridgehead atoms. The minimum Gasteiger partial charge on any atom is -0.378 e. The van der Waals surface area contributed by atoms with Crippen LogP contribution in [0, 0.1) is 0 Å². The van der Waals surface area contributed by atoms with Crippen LogP contribution in [0.1, 0.15) is 11.1 Å². The lowest BCUT2D eigenvalue weighted by atomic mass is 10.2. The highest BCUT2D eigenvalue weighted by Crippen LogP contribution is 2.14. The van der Waals surface area contributed by atoms with Crippen molar-refractivity contribution in [3.05, 3.63) is 84.2 Å². The Morgan fingerprint density at radius 3 is 2.41 bits per heavy atom. The van der Waals surface area contributed by atoms with Gasteiger partial charge in [-0.15, -0.1) is 0 Å². The summed E-state index contributed by atoms with van der Waals surface area (Å²) in [5.74, 6) is -0.0425. The molecule has 0 atom stereocenters. The van der Waals surface area contributed by atoms with Gasteiger partial charge in [0.1, 0.15) is 0 Å². The molecule has 0 fully saturated rings. The van der Waals surface area contributed by atoms with Crippen molar-refractivity contribution in [2.24, 2.45) is 0 Å². The minimum absolute atomic E-state index is 0.0425. The second-order valence-electron chi connectivity index (χ2n) is 6.64. The number of amides is 1. The summed E-state index contributed by atoms with van der Waals surface area (Å²) >= 11 is 0. The van der Waals surface area contributed by atoms with Gasteiger partial charge in [-0.25, -0.2) is 4.68 Å². The number of hydrogen-bond donors (Lipinski definition) is 0. The van der Waals surface area contributed by atoms with Crippen LogP contribution in [0.25, 0.3) is 11.8 Å². The summed E-state index contributed by atoms with van der Waals surface area (Å²) in [7, 11) is 5.82. The van der Waals surface area contributed by atoms with Gasteiger partial charge in [-0.3, -0.25) is 4.79 Å². The van der Waals surface area contributed by atoms with Crippen LogP contribution in [0.15, 0.2) is 73.1 Å². The van der Waals surface area contributed by atoms with Crippen molar-refractivity contribution in [3.8, 4) is 5.69 Å². The largest absolute Gasteiger partial charge is 0.378 e. The quantitative estimate of drug-likeness (QED) is 0.631. The van der Waals surface area contributed by atoms with Crippen molar-refractivity contribution in [3.63, 3.8) is 0 Å². The first-order chi connectivity index (χ1) is 13.0. The van der Waals surface area contributed by atoms with Crippen LogP contribution in [0.3, 0.4) is 0 Å². The van der Waals surface area contributed by atoms with Crippen molar-refractivity contribution < 1.29 is 4.79 Å². The van der Waals surface area contributed by atoms with Gasteiger partial charge in [0.15, 0.2) is 0 Å². The summed E-state index contributed by atoms with van der Waals surface area (Å²) in [6, 6.07) is 18.1. The molecule has 0 saturated carbocycles. The number of para-hydroxylation sites is 1. The predicted octanol–water partition coefficient (Wildman–Crippen LogP) is 3.61. The zero-order valence-electron chi connectivity index (χ0n) is 15.9. The Labute approximate surface area is 160 Å². The van der Waals surface area contributed by atoms with Crippen molar-refractivity contribution in [1.29, 1.82) is 0 Å². The third-order valence-corrected chi connectivity index (χ3v) is 4.29. The van der Waals surface area contributed by atoms with Gasteiger partial charge in [0.2, 0.25) is 5.91 Å². The van der Waals surface area contributed by atoms with E-state index in [-0.39, 0.29) is 5.91 Å². The molecule has 5 nitrogen and oxygen atoms in total. The van der Waals surface area contributed by atoms with Crippen LogP contribution in [-0.2, 0) is 11.3 Å². The zero-order valence-corrected chi connectivity index (χ0v) is 15.9. The molecule has 3 rings (SSSR count). The van der Waals surface area contributed by atoms with Gasteiger partial charge >= 0.3 is 0 Å². The average molecular weight is 360 g/mol. The standard InChI is InChI=1S/C22H24N4O/c1-24(2)20-12-9-18(10-13-20)16-25(3)22(27)14-11-19-15-23-26(17-19)21-7-5-4-6-8-21/h4-15,17H,16H2,1-3H3/b14-11+. The molecule has 2 aromatic carbocycles. The first-order valence-corrected chi connectivity index (χ1v) is 8.82. The average Bonchev–Trinajstić information content (AvgIpc) is 3.16.